The lowest BCUT2D eigenvalue weighted by atomic mass is 10.2. The van der Waals surface area contributed by atoms with Crippen LogP contribution in [0.15, 0.2) is 52.3 Å². The highest BCUT2D eigenvalue weighted by Crippen LogP contribution is 2.38. The zero-order valence-corrected chi connectivity index (χ0v) is 11.1. The maximum absolute atomic E-state index is 9.56. The van der Waals surface area contributed by atoms with Crippen molar-refractivity contribution in [2.45, 2.75) is 9.79 Å². The first-order chi connectivity index (χ1) is 9.74. The molecule has 100 valence electrons. The largest absolute Gasteiger partial charge is 0.508 e. The van der Waals surface area contributed by atoms with E-state index in [1.54, 1.807) is 18.2 Å². The van der Waals surface area contributed by atoms with Gasteiger partial charge in [-0.3, -0.25) is 0 Å². The monoisotopic (exact) mass is 285 g/mol. The van der Waals surface area contributed by atoms with Crippen molar-refractivity contribution in [1.29, 1.82) is 0 Å². The van der Waals surface area contributed by atoms with Crippen LogP contribution in [0.1, 0.15) is 0 Å². The third-order valence-electron chi connectivity index (χ3n) is 2.70. The number of nitrogens with one attached hydrogen (secondary N) is 1. The van der Waals surface area contributed by atoms with E-state index in [9.17, 15) is 5.11 Å². The van der Waals surface area contributed by atoms with E-state index in [1.165, 1.54) is 11.8 Å². The predicted octanol–water partition coefficient (Wildman–Crippen LogP) is 2.31. The van der Waals surface area contributed by atoms with Crippen molar-refractivity contribution in [1.82, 2.24) is 20.6 Å². The molecule has 6 nitrogen and oxygen atoms in total. The van der Waals surface area contributed by atoms with E-state index in [-0.39, 0.29) is 5.75 Å². The van der Waals surface area contributed by atoms with Crippen molar-refractivity contribution in [2.24, 2.45) is 0 Å². The minimum Gasteiger partial charge on any atom is -0.508 e. The standard InChI is InChI=1S/C13H11N5OS/c14-10-6-5-8(19)7-12(10)20-11-4-2-1-3-9(11)13-15-17-18-16-13/h1-7,19H,14H2,(H,15,16,17,18). The summed E-state index contributed by atoms with van der Waals surface area (Å²) >= 11 is 1.45. The maximum Gasteiger partial charge on any atom is 0.180 e. The summed E-state index contributed by atoms with van der Waals surface area (Å²) in [5.41, 5.74) is 7.42. The smallest absolute Gasteiger partial charge is 0.180 e. The van der Waals surface area contributed by atoms with Gasteiger partial charge in [0.05, 0.1) is 0 Å². The molecule has 3 aromatic rings. The summed E-state index contributed by atoms with van der Waals surface area (Å²) in [5.74, 6) is 0.771. The van der Waals surface area contributed by atoms with E-state index < -0.39 is 0 Å². The number of phenols is 1. The Bertz CT molecular complexity index is 729. The summed E-state index contributed by atoms with van der Waals surface area (Å²) in [6, 6.07) is 12.6. The molecule has 7 heteroatoms. The summed E-state index contributed by atoms with van der Waals surface area (Å²) in [6.45, 7) is 0. The number of rotatable bonds is 3. The van der Waals surface area contributed by atoms with Gasteiger partial charge in [0.15, 0.2) is 5.82 Å². The fraction of sp³-hybridized carbons (Fsp3) is 0. The van der Waals surface area contributed by atoms with E-state index in [0.717, 1.165) is 15.4 Å². The molecule has 0 aliphatic carbocycles. The highest BCUT2D eigenvalue weighted by Gasteiger charge is 2.11. The normalized spacial score (nSPS) is 10.6. The Labute approximate surface area is 119 Å². The number of aromatic amines is 1. The molecular weight excluding hydrogens is 274 g/mol. The number of nitrogens with zero attached hydrogens (tertiary/aromatic N) is 3. The Kier molecular flexibility index (Phi) is 3.26. The molecule has 0 bridgehead atoms. The lowest BCUT2D eigenvalue weighted by molar-refractivity contribution is 0.474. The molecule has 0 amide bonds. The van der Waals surface area contributed by atoms with Crippen LogP contribution in [-0.2, 0) is 0 Å². The van der Waals surface area contributed by atoms with Gasteiger partial charge in [-0.1, -0.05) is 23.9 Å². The van der Waals surface area contributed by atoms with Crippen molar-refractivity contribution in [2.75, 3.05) is 5.73 Å². The molecule has 0 aliphatic heterocycles. The van der Waals surface area contributed by atoms with Gasteiger partial charge in [-0.15, -0.1) is 5.10 Å². The molecule has 2 aromatic carbocycles. The Morgan fingerprint density at radius 1 is 1.10 bits per heavy atom. The number of aromatic hydroxyl groups is 1. The van der Waals surface area contributed by atoms with Crippen molar-refractivity contribution >= 4 is 17.4 Å². The van der Waals surface area contributed by atoms with Crippen LogP contribution < -0.4 is 5.73 Å². The van der Waals surface area contributed by atoms with Gasteiger partial charge in [0.25, 0.3) is 0 Å². The van der Waals surface area contributed by atoms with E-state index in [4.69, 9.17) is 5.73 Å². The first-order valence-corrected chi connectivity index (χ1v) is 6.65. The lowest BCUT2D eigenvalue weighted by Gasteiger charge is -2.08. The summed E-state index contributed by atoms with van der Waals surface area (Å²) in [5, 5.41) is 23.4. The molecular formula is C13H11N5OS. The van der Waals surface area contributed by atoms with Crippen LogP contribution in [-0.4, -0.2) is 25.7 Å². The van der Waals surface area contributed by atoms with Crippen LogP contribution in [0, 0.1) is 0 Å². The van der Waals surface area contributed by atoms with Crippen LogP contribution in [0.2, 0.25) is 0 Å². The third-order valence-corrected chi connectivity index (χ3v) is 3.85. The molecule has 0 saturated carbocycles. The first-order valence-electron chi connectivity index (χ1n) is 5.83. The summed E-state index contributed by atoms with van der Waals surface area (Å²) in [4.78, 5) is 1.73. The molecule has 0 aliphatic rings. The zero-order chi connectivity index (χ0) is 13.9. The van der Waals surface area contributed by atoms with Gasteiger partial charge >= 0.3 is 0 Å². The fourth-order valence-electron chi connectivity index (χ4n) is 1.75. The van der Waals surface area contributed by atoms with Crippen molar-refractivity contribution in [3.05, 3.63) is 42.5 Å². The second kappa shape index (κ2) is 5.22. The van der Waals surface area contributed by atoms with Crippen LogP contribution in [0.5, 0.6) is 5.75 Å². The van der Waals surface area contributed by atoms with Crippen molar-refractivity contribution in [3.63, 3.8) is 0 Å². The SMILES string of the molecule is Nc1ccc(O)cc1Sc1ccccc1-c1nnn[nH]1. The number of nitrogens with two attached hydrogens (primary N) is 1. The zero-order valence-electron chi connectivity index (χ0n) is 10.3. The van der Waals surface area contributed by atoms with Crippen LogP contribution in [0.3, 0.4) is 0 Å². The van der Waals surface area contributed by atoms with E-state index in [0.29, 0.717) is 11.5 Å². The Balaban J connectivity index is 2.01. The van der Waals surface area contributed by atoms with E-state index >= 15 is 0 Å². The average molecular weight is 285 g/mol. The highest BCUT2D eigenvalue weighted by atomic mass is 32.2. The van der Waals surface area contributed by atoms with E-state index in [1.807, 2.05) is 24.3 Å². The molecule has 0 atom stereocenters. The number of tetrazole rings is 1. The van der Waals surface area contributed by atoms with Crippen molar-refractivity contribution in [3.8, 4) is 17.1 Å². The highest BCUT2D eigenvalue weighted by molar-refractivity contribution is 7.99. The number of aromatic nitrogens is 4. The van der Waals surface area contributed by atoms with Crippen LogP contribution >= 0.6 is 11.8 Å². The molecule has 0 saturated heterocycles. The topological polar surface area (TPSA) is 101 Å². The number of hydrogen-bond donors (Lipinski definition) is 3. The molecule has 1 aromatic heterocycles. The number of anilines is 1. The molecule has 4 N–H and O–H groups in total. The minimum absolute atomic E-state index is 0.181. The quantitative estimate of drug-likeness (QED) is 0.504. The average Bonchev–Trinajstić information content (AvgIpc) is 2.97. The molecule has 3 rings (SSSR count). The Morgan fingerprint density at radius 3 is 2.75 bits per heavy atom. The van der Waals surface area contributed by atoms with Gasteiger partial charge in [0.1, 0.15) is 5.75 Å². The summed E-state index contributed by atoms with van der Waals surface area (Å²) < 4.78 is 0. The predicted molar refractivity (Wildman–Crippen MR) is 76.3 cm³/mol. The molecule has 0 fully saturated rings. The van der Waals surface area contributed by atoms with E-state index in [2.05, 4.69) is 20.6 Å². The Morgan fingerprint density at radius 2 is 1.95 bits per heavy atom. The number of nitrogen functional groups attached to an aromatic ring is 1. The molecule has 0 radical (unpaired) electrons. The summed E-state index contributed by atoms with van der Waals surface area (Å²) in [7, 11) is 0. The second-order valence-corrected chi connectivity index (χ2v) is 5.15. The summed E-state index contributed by atoms with van der Waals surface area (Å²) in [6.07, 6.45) is 0. The minimum atomic E-state index is 0.181. The van der Waals surface area contributed by atoms with Crippen LogP contribution in [0.25, 0.3) is 11.4 Å². The number of benzene rings is 2. The van der Waals surface area contributed by atoms with Crippen molar-refractivity contribution < 1.29 is 5.11 Å². The molecule has 20 heavy (non-hydrogen) atoms. The van der Waals surface area contributed by atoms with Gasteiger partial charge in [-0.25, -0.2) is 5.10 Å². The van der Waals surface area contributed by atoms with Gasteiger partial charge in [-0.2, -0.15) is 0 Å². The van der Waals surface area contributed by atoms with Gasteiger partial charge < -0.3 is 10.8 Å². The molecule has 0 unspecified atom stereocenters. The number of hydrogen-bond acceptors (Lipinski definition) is 6. The third kappa shape index (κ3) is 2.43. The number of H-pyrrole nitrogens is 1. The Hall–Kier alpha value is -2.54. The number of phenolic OH excluding ortho intramolecular Hbond substituents is 1. The lowest BCUT2D eigenvalue weighted by Crippen LogP contribution is -1.89. The van der Waals surface area contributed by atoms with Gasteiger partial charge in [-0.05, 0) is 40.8 Å². The first kappa shape index (κ1) is 12.5. The van der Waals surface area contributed by atoms with Crippen LogP contribution in [0.4, 0.5) is 5.69 Å². The molecule has 1 heterocycles. The van der Waals surface area contributed by atoms with Gasteiger partial charge in [0, 0.05) is 21.0 Å². The van der Waals surface area contributed by atoms with Gasteiger partial charge in [0.2, 0.25) is 0 Å². The second-order valence-electron chi connectivity index (χ2n) is 4.07. The fourth-order valence-corrected chi connectivity index (χ4v) is 2.78. The molecule has 0 spiro atoms. The maximum atomic E-state index is 9.56.